The molecule has 4 rings (SSSR count). The van der Waals surface area contributed by atoms with Crippen molar-refractivity contribution in [2.75, 3.05) is 6.54 Å². The van der Waals surface area contributed by atoms with E-state index in [4.69, 9.17) is 0 Å². The Bertz CT molecular complexity index is 799. The first kappa shape index (κ1) is 15.8. The van der Waals surface area contributed by atoms with Gasteiger partial charge in [0, 0.05) is 6.54 Å². The molecule has 128 valence electrons. The highest BCUT2D eigenvalue weighted by Crippen LogP contribution is 2.39. The zero-order valence-electron chi connectivity index (χ0n) is 13.6. The fraction of sp³-hybridized carbons (Fsp3) is 0.529. The second-order valence-electron chi connectivity index (χ2n) is 6.67. The third kappa shape index (κ3) is 2.98. The van der Waals surface area contributed by atoms with Crippen LogP contribution in [0.1, 0.15) is 49.5 Å². The van der Waals surface area contributed by atoms with E-state index in [2.05, 4.69) is 22.3 Å². The number of hydrogen-bond acceptors (Lipinski definition) is 4. The summed E-state index contributed by atoms with van der Waals surface area (Å²) in [6, 6.07) is 9.93. The molecule has 0 N–H and O–H groups in total. The summed E-state index contributed by atoms with van der Waals surface area (Å²) in [6.45, 7) is 1.26. The zero-order valence-corrected chi connectivity index (χ0v) is 14.4. The molecule has 1 saturated carbocycles. The van der Waals surface area contributed by atoms with E-state index in [1.165, 1.54) is 0 Å². The van der Waals surface area contributed by atoms with Crippen LogP contribution in [-0.4, -0.2) is 39.3 Å². The molecule has 2 fully saturated rings. The Kier molecular flexibility index (Phi) is 4.14. The fourth-order valence-corrected chi connectivity index (χ4v) is 5.50. The molecule has 0 bridgehead atoms. The Balaban J connectivity index is 1.63. The van der Waals surface area contributed by atoms with Gasteiger partial charge in [0.1, 0.15) is 6.33 Å². The van der Waals surface area contributed by atoms with Crippen LogP contribution in [0.3, 0.4) is 0 Å². The van der Waals surface area contributed by atoms with Gasteiger partial charge in [0.2, 0.25) is 10.0 Å². The van der Waals surface area contributed by atoms with Crippen LogP contribution >= 0.6 is 0 Å². The number of benzene rings is 1. The topological polar surface area (TPSA) is 68.1 Å². The van der Waals surface area contributed by atoms with Crippen molar-refractivity contribution in [3.63, 3.8) is 0 Å². The molecule has 2 heterocycles. The van der Waals surface area contributed by atoms with Gasteiger partial charge >= 0.3 is 0 Å². The monoisotopic (exact) mass is 346 g/mol. The molecule has 1 unspecified atom stereocenters. The molecule has 1 atom stereocenters. The minimum absolute atomic E-state index is 0.177. The fourth-order valence-electron chi connectivity index (χ4n) is 3.45. The Hall–Kier alpha value is -1.73. The van der Waals surface area contributed by atoms with Crippen LogP contribution in [0.15, 0.2) is 36.7 Å². The van der Waals surface area contributed by atoms with E-state index >= 15 is 0 Å². The normalized spacial score (nSPS) is 22.6. The molecule has 1 aliphatic carbocycles. The van der Waals surface area contributed by atoms with E-state index in [1.54, 1.807) is 10.6 Å². The summed E-state index contributed by atoms with van der Waals surface area (Å²) in [5.74, 6) is 0.766. The standard InChI is InChI=1S/C17H22N4O2S/c22-24(23,15-9-10-15)21-11-5-4-8-16(21)17-19-18-13-20(17)12-14-6-2-1-3-7-14/h1-3,6-7,13,15-16H,4-5,8-12H2. The third-order valence-electron chi connectivity index (χ3n) is 4.87. The van der Waals surface area contributed by atoms with Crippen molar-refractivity contribution >= 4 is 10.0 Å². The molecule has 24 heavy (non-hydrogen) atoms. The van der Waals surface area contributed by atoms with Gasteiger partial charge in [-0.25, -0.2) is 8.42 Å². The Morgan fingerprint density at radius 3 is 2.62 bits per heavy atom. The van der Waals surface area contributed by atoms with Crippen molar-refractivity contribution in [1.29, 1.82) is 0 Å². The van der Waals surface area contributed by atoms with Crippen LogP contribution in [-0.2, 0) is 16.6 Å². The number of rotatable bonds is 5. The summed E-state index contributed by atoms with van der Waals surface area (Å²) in [6.07, 6.45) is 6.07. The average molecular weight is 346 g/mol. The molecule has 2 aliphatic rings. The molecular formula is C17H22N4O2S. The van der Waals surface area contributed by atoms with Crippen LogP contribution in [0.5, 0.6) is 0 Å². The van der Waals surface area contributed by atoms with E-state index in [-0.39, 0.29) is 11.3 Å². The molecule has 0 spiro atoms. The highest BCUT2D eigenvalue weighted by atomic mass is 32.2. The van der Waals surface area contributed by atoms with Gasteiger partial charge in [0.15, 0.2) is 5.82 Å². The maximum atomic E-state index is 12.8. The number of sulfonamides is 1. The van der Waals surface area contributed by atoms with Gasteiger partial charge in [-0.1, -0.05) is 36.8 Å². The van der Waals surface area contributed by atoms with Crippen molar-refractivity contribution in [3.05, 3.63) is 48.0 Å². The average Bonchev–Trinajstić information content (AvgIpc) is 3.37. The molecule has 1 saturated heterocycles. The Morgan fingerprint density at radius 1 is 1.08 bits per heavy atom. The van der Waals surface area contributed by atoms with Gasteiger partial charge in [-0.05, 0) is 31.2 Å². The summed E-state index contributed by atoms with van der Waals surface area (Å²) in [5, 5.41) is 8.17. The SMILES string of the molecule is O=S(=O)(C1CC1)N1CCCCC1c1nncn1Cc1ccccc1. The van der Waals surface area contributed by atoms with E-state index in [0.29, 0.717) is 13.1 Å². The van der Waals surface area contributed by atoms with Gasteiger partial charge in [0.05, 0.1) is 17.8 Å². The third-order valence-corrected chi connectivity index (χ3v) is 7.27. The first-order valence-electron chi connectivity index (χ1n) is 8.58. The predicted octanol–water partition coefficient (Wildman–Crippen LogP) is 2.35. The summed E-state index contributed by atoms with van der Waals surface area (Å²) in [5.41, 5.74) is 1.16. The minimum atomic E-state index is -3.20. The largest absolute Gasteiger partial charge is 0.312 e. The number of nitrogens with zero attached hydrogens (tertiary/aromatic N) is 4. The van der Waals surface area contributed by atoms with E-state index in [0.717, 1.165) is 43.5 Å². The Morgan fingerprint density at radius 2 is 1.88 bits per heavy atom. The minimum Gasteiger partial charge on any atom is -0.312 e. The van der Waals surface area contributed by atoms with Crippen LogP contribution in [0.25, 0.3) is 0 Å². The van der Waals surface area contributed by atoms with Crippen LogP contribution in [0.2, 0.25) is 0 Å². The lowest BCUT2D eigenvalue weighted by molar-refractivity contribution is 0.241. The molecule has 1 aromatic heterocycles. The summed E-state index contributed by atoms with van der Waals surface area (Å²) < 4.78 is 29.3. The molecular weight excluding hydrogens is 324 g/mol. The van der Waals surface area contributed by atoms with Crippen LogP contribution in [0, 0.1) is 0 Å². The van der Waals surface area contributed by atoms with Crippen LogP contribution < -0.4 is 0 Å². The number of hydrogen-bond donors (Lipinski definition) is 0. The van der Waals surface area contributed by atoms with Crippen molar-refractivity contribution < 1.29 is 8.42 Å². The van der Waals surface area contributed by atoms with Gasteiger partial charge in [-0.15, -0.1) is 10.2 Å². The van der Waals surface area contributed by atoms with Gasteiger partial charge < -0.3 is 4.57 Å². The van der Waals surface area contributed by atoms with E-state index in [1.807, 2.05) is 22.8 Å². The maximum Gasteiger partial charge on any atom is 0.217 e. The highest BCUT2D eigenvalue weighted by molar-refractivity contribution is 7.90. The maximum absolute atomic E-state index is 12.8. The molecule has 6 nitrogen and oxygen atoms in total. The smallest absolute Gasteiger partial charge is 0.217 e. The van der Waals surface area contributed by atoms with E-state index < -0.39 is 10.0 Å². The second-order valence-corrected chi connectivity index (χ2v) is 8.83. The lowest BCUT2D eigenvalue weighted by Gasteiger charge is -2.34. The lowest BCUT2D eigenvalue weighted by Crippen LogP contribution is -2.41. The zero-order chi connectivity index (χ0) is 16.6. The van der Waals surface area contributed by atoms with Crippen molar-refractivity contribution in [2.45, 2.75) is 49.9 Å². The van der Waals surface area contributed by atoms with Gasteiger partial charge in [0.25, 0.3) is 0 Å². The van der Waals surface area contributed by atoms with Gasteiger partial charge in [-0.3, -0.25) is 0 Å². The van der Waals surface area contributed by atoms with Crippen molar-refractivity contribution in [1.82, 2.24) is 19.1 Å². The number of aromatic nitrogens is 3. The molecule has 7 heteroatoms. The molecule has 1 aromatic carbocycles. The molecule has 1 aliphatic heterocycles. The molecule has 0 amide bonds. The Labute approximate surface area is 142 Å². The van der Waals surface area contributed by atoms with Gasteiger partial charge in [-0.2, -0.15) is 4.31 Å². The molecule has 2 aromatic rings. The second kappa shape index (κ2) is 6.29. The quantitative estimate of drug-likeness (QED) is 0.833. The first-order chi connectivity index (χ1) is 11.7. The predicted molar refractivity (Wildman–Crippen MR) is 90.8 cm³/mol. The lowest BCUT2D eigenvalue weighted by atomic mass is 10.0. The van der Waals surface area contributed by atoms with Crippen molar-refractivity contribution in [2.24, 2.45) is 0 Å². The van der Waals surface area contributed by atoms with E-state index in [9.17, 15) is 8.42 Å². The summed E-state index contributed by atoms with van der Waals surface area (Å²) >= 11 is 0. The summed E-state index contributed by atoms with van der Waals surface area (Å²) in [4.78, 5) is 0. The first-order valence-corrected chi connectivity index (χ1v) is 10.1. The number of piperidine rings is 1. The summed E-state index contributed by atoms with van der Waals surface area (Å²) in [7, 11) is -3.20. The molecule has 0 radical (unpaired) electrons. The highest BCUT2D eigenvalue weighted by Gasteiger charge is 2.44. The van der Waals surface area contributed by atoms with Crippen molar-refractivity contribution in [3.8, 4) is 0 Å². The van der Waals surface area contributed by atoms with Crippen LogP contribution in [0.4, 0.5) is 0 Å².